The number of benzene rings is 1. The van der Waals surface area contributed by atoms with Gasteiger partial charge in [0.25, 0.3) is 0 Å². The molecule has 2 aromatic rings. The maximum atomic E-state index is 5.46. The van der Waals surface area contributed by atoms with E-state index in [0.717, 1.165) is 29.7 Å². The Kier molecular flexibility index (Phi) is 3.55. The topological polar surface area (TPSA) is 39.9 Å². The van der Waals surface area contributed by atoms with Gasteiger partial charge in [-0.1, -0.05) is 20.8 Å². The molecule has 0 bridgehead atoms. The number of fused-ring (bicyclic) bond motifs is 1. The minimum atomic E-state index is 0.302. The van der Waals surface area contributed by atoms with Crippen molar-refractivity contribution in [2.45, 2.75) is 40.7 Å². The summed E-state index contributed by atoms with van der Waals surface area (Å²) in [6.45, 7) is 10.2. The lowest BCUT2D eigenvalue weighted by atomic mass is 9.92. The third kappa shape index (κ3) is 3.22. The molecule has 0 N–H and O–H groups in total. The number of hydrogen-bond donors (Lipinski definition) is 0. The van der Waals surface area contributed by atoms with Crippen LogP contribution in [-0.2, 0) is 6.54 Å². The van der Waals surface area contributed by atoms with Crippen molar-refractivity contribution < 1.29 is 4.74 Å². The summed E-state index contributed by atoms with van der Waals surface area (Å²) in [5.41, 5.74) is 2.12. The van der Waals surface area contributed by atoms with Gasteiger partial charge in [-0.3, -0.25) is 0 Å². The molecule has 1 aromatic carbocycles. The Morgan fingerprint density at radius 1 is 1.17 bits per heavy atom. The maximum absolute atomic E-state index is 5.46. The summed E-state index contributed by atoms with van der Waals surface area (Å²) in [5, 5.41) is 8.95. The molecule has 0 amide bonds. The Bertz CT molecular complexity index is 525. The van der Waals surface area contributed by atoms with Crippen molar-refractivity contribution in [3.8, 4) is 5.75 Å². The highest BCUT2D eigenvalue weighted by molar-refractivity contribution is 5.75. The van der Waals surface area contributed by atoms with Crippen LogP contribution in [0.2, 0.25) is 0 Å². The monoisotopic (exact) mass is 247 g/mol. The molecule has 0 atom stereocenters. The quantitative estimate of drug-likeness (QED) is 0.832. The van der Waals surface area contributed by atoms with Crippen molar-refractivity contribution in [2.75, 3.05) is 6.61 Å². The molecule has 98 valence electrons. The van der Waals surface area contributed by atoms with Gasteiger partial charge < -0.3 is 4.74 Å². The van der Waals surface area contributed by atoms with E-state index in [9.17, 15) is 0 Å². The molecular formula is C14H21N3O. The lowest BCUT2D eigenvalue weighted by Gasteiger charge is -2.16. The highest BCUT2D eigenvalue weighted by Gasteiger charge is 2.11. The largest absolute Gasteiger partial charge is 0.494 e. The molecule has 1 aromatic heterocycles. The van der Waals surface area contributed by atoms with Crippen LogP contribution in [0.5, 0.6) is 5.75 Å². The molecule has 0 unspecified atom stereocenters. The summed E-state index contributed by atoms with van der Waals surface area (Å²) in [4.78, 5) is 1.78. The lowest BCUT2D eigenvalue weighted by molar-refractivity contribution is 0.329. The molecule has 0 saturated carbocycles. The third-order valence-corrected chi connectivity index (χ3v) is 2.77. The maximum Gasteiger partial charge on any atom is 0.121 e. The lowest BCUT2D eigenvalue weighted by Crippen LogP contribution is -2.12. The zero-order valence-corrected chi connectivity index (χ0v) is 11.6. The summed E-state index contributed by atoms with van der Waals surface area (Å²) in [7, 11) is 0. The van der Waals surface area contributed by atoms with E-state index >= 15 is 0 Å². The minimum absolute atomic E-state index is 0.302. The van der Waals surface area contributed by atoms with Crippen LogP contribution in [0.15, 0.2) is 18.2 Å². The number of aromatic nitrogens is 3. The van der Waals surface area contributed by atoms with Gasteiger partial charge in [-0.25, -0.2) is 0 Å². The van der Waals surface area contributed by atoms with Gasteiger partial charge >= 0.3 is 0 Å². The molecule has 0 aliphatic heterocycles. The van der Waals surface area contributed by atoms with Gasteiger partial charge in [0, 0.05) is 6.07 Å². The van der Waals surface area contributed by atoms with Crippen molar-refractivity contribution in [1.82, 2.24) is 15.0 Å². The molecule has 1 heterocycles. The summed E-state index contributed by atoms with van der Waals surface area (Å²) >= 11 is 0. The fraction of sp³-hybridized carbons (Fsp3) is 0.571. The fourth-order valence-electron chi connectivity index (χ4n) is 1.73. The van der Waals surface area contributed by atoms with Gasteiger partial charge in [-0.2, -0.15) is 15.0 Å². The SMILES string of the molecule is CCOc1ccc2nn(CCC(C)(C)C)nc2c1. The summed E-state index contributed by atoms with van der Waals surface area (Å²) < 4.78 is 5.46. The van der Waals surface area contributed by atoms with Crippen molar-refractivity contribution >= 4 is 11.0 Å². The van der Waals surface area contributed by atoms with Crippen molar-refractivity contribution in [2.24, 2.45) is 5.41 Å². The fourth-order valence-corrected chi connectivity index (χ4v) is 1.73. The highest BCUT2D eigenvalue weighted by Crippen LogP contribution is 2.21. The van der Waals surface area contributed by atoms with E-state index < -0.39 is 0 Å². The smallest absolute Gasteiger partial charge is 0.121 e. The van der Waals surface area contributed by atoms with Crippen molar-refractivity contribution in [3.63, 3.8) is 0 Å². The molecule has 0 aliphatic rings. The van der Waals surface area contributed by atoms with E-state index in [0.29, 0.717) is 12.0 Å². The van der Waals surface area contributed by atoms with Gasteiger partial charge in [0.2, 0.25) is 0 Å². The van der Waals surface area contributed by atoms with E-state index in [-0.39, 0.29) is 0 Å². The second-order valence-electron chi connectivity index (χ2n) is 5.69. The average molecular weight is 247 g/mol. The predicted octanol–water partition coefficient (Wildman–Crippen LogP) is 3.27. The standard InChI is InChI=1S/C14H21N3O/c1-5-18-11-6-7-12-13(10-11)16-17(15-12)9-8-14(2,3)4/h6-7,10H,5,8-9H2,1-4H3. The van der Waals surface area contributed by atoms with Crippen LogP contribution in [0.4, 0.5) is 0 Å². The first kappa shape index (κ1) is 12.9. The van der Waals surface area contributed by atoms with Crippen LogP contribution in [-0.4, -0.2) is 21.6 Å². The summed E-state index contributed by atoms with van der Waals surface area (Å²) in [6, 6.07) is 5.84. The van der Waals surface area contributed by atoms with E-state index in [4.69, 9.17) is 4.74 Å². The van der Waals surface area contributed by atoms with Crippen molar-refractivity contribution in [1.29, 1.82) is 0 Å². The first-order valence-electron chi connectivity index (χ1n) is 6.45. The van der Waals surface area contributed by atoms with E-state index in [1.165, 1.54) is 0 Å². The van der Waals surface area contributed by atoms with E-state index in [1.807, 2.05) is 25.1 Å². The second kappa shape index (κ2) is 4.96. The van der Waals surface area contributed by atoms with Gasteiger partial charge in [0.15, 0.2) is 0 Å². The summed E-state index contributed by atoms with van der Waals surface area (Å²) in [5.74, 6) is 0.855. The van der Waals surface area contributed by atoms with Gasteiger partial charge in [0.05, 0.1) is 13.2 Å². The van der Waals surface area contributed by atoms with Crippen LogP contribution in [0.1, 0.15) is 34.1 Å². The molecule has 0 radical (unpaired) electrons. The zero-order chi connectivity index (χ0) is 13.2. The number of aryl methyl sites for hydroxylation is 1. The first-order chi connectivity index (χ1) is 8.48. The Labute approximate surface area is 108 Å². The van der Waals surface area contributed by atoms with Crippen LogP contribution in [0, 0.1) is 5.41 Å². The number of rotatable bonds is 4. The summed E-state index contributed by atoms with van der Waals surface area (Å²) in [6.07, 6.45) is 1.06. The van der Waals surface area contributed by atoms with Gasteiger partial charge in [-0.15, -0.1) is 0 Å². The molecule has 0 saturated heterocycles. The van der Waals surface area contributed by atoms with Crippen LogP contribution < -0.4 is 4.74 Å². The Hall–Kier alpha value is -1.58. The van der Waals surface area contributed by atoms with Crippen molar-refractivity contribution in [3.05, 3.63) is 18.2 Å². The predicted molar refractivity (Wildman–Crippen MR) is 72.8 cm³/mol. The Morgan fingerprint density at radius 2 is 1.89 bits per heavy atom. The molecule has 2 rings (SSSR count). The van der Waals surface area contributed by atoms with E-state index in [1.54, 1.807) is 4.80 Å². The molecule has 18 heavy (non-hydrogen) atoms. The molecular weight excluding hydrogens is 226 g/mol. The van der Waals surface area contributed by atoms with E-state index in [2.05, 4.69) is 31.0 Å². The Balaban J connectivity index is 2.16. The van der Waals surface area contributed by atoms with Crippen LogP contribution in [0.3, 0.4) is 0 Å². The number of nitrogens with zero attached hydrogens (tertiary/aromatic N) is 3. The highest BCUT2D eigenvalue weighted by atomic mass is 16.5. The van der Waals surface area contributed by atoms with Gasteiger partial charge in [-0.05, 0) is 30.9 Å². The first-order valence-corrected chi connectivity index (χ1v) is 6.45. The molecule has 4 nitrogen and oxygen atoms in total. The normalized spacial score (nSPS) is 12.0. The second-order valence-corrected chi connectivity index (χ2v) is 5.69. The van der Waals surface area contributed by atoms with Crippen LogP contribution >= 0.6 is 0 Å². The Morgan fingerprint density at radius 3 is 2.56 bits per heavy atom. The molecule has 0 spiro atoms. The average Bonchev–Trinajstić information content (AvgIpc) is 2.68. The van der Waals surface area contributed by atoms with Gasteiger partial charge in [0.1, 0.15) is 16.8 Å². The minimum Gasteiger partial charge on any atom is -0.494 e. The molecule has 4 heteroatoms. The number of hydrogen-bond acceptors (Lipinski definition) is 3. The van der Waals surface area contributed by atoms with Crippen LogP contribution in [0.25, 0.3) is 11.0 Å². The molecule has 0 fully saturated rings. The number of ether oxygens (including phenoxy) is 1. The third-order valence-electron chi connectivity index (χ3n) is 2.77. The zero-order valence-electron chi connectivity index (χ0n) is 11.6. The molecule has 0 aliphatic carbocycles.